The van der Waals surface area contributed by atoms with Crippen molar-refractivity contribution in [1.82, 2.24) is 4.90 Å². The molecule has 0 N–H and O–H groups in total. The summed E-state index contributed by atoms with van der Waals surface area (Å²) in [5.74, 6) is -4.33. The number of hydrogen-bond donors (Lipinski definition) is 0. The summed E-state index contributed by atoms with van der Waals surface area (Å²) in [6.07, 6.45) is -5.14. The van der Waals surface area contributed by atoms with Gasteiger partial charge in [-0.3, -0.25) is 4.79 Å². The summed E-state index contributed by atoms with van der Waals surface area (Å²) in [5, 5.41) is 0. The second-order valence-corrected chi connectivity index (χ2v) is 8.55. The van der Waals surface area contributed by atoms with Gasteiger partial charge >= 0.3 is 12.1 Å². The van der Waals surface area contributed by atoms with Crippen LogP contribution in [0.5, 0.6) is 0 Å². The highest BCUT2D eigenvalue weighted by Crippen LogP contribution is 2.43. The average Bonchev–Trinajstić information content (AvgIpc) is 2.75. The molecule has 0 unspecified atom stereocenters. The Hall–Kier alpha value is -3.23. The Bertz CT molecular complexity index is 1120. The van der Waals surface area contributed by atoms with Gasteiger partial charge in [-0.15, -0.1) is 0 Å². The first-order chi connectivity index (χ1) is 15.9. The molecular weight excluding hydrogens is 457 g/mol. The maximum atomic E-state index is 14.2. The van der Waals surface area contributed by atoms with Gasteiger partial charge in [0, 0.05) is 29.7 Å². The molecule has 34 heavy (non-hydrogen) atoms. The number of rotatable bonds is 6. The fraction of sp³-hybridized carbons (Fsp3) is 0.360. The quantitative estimate of drug-likeness (QED) is 0.377. The molecule has 1 heterocycles. The van der Waals surface area contributed by atoms with Crippen molar-refractivity contribution in [3.8, 4) is 0 Å². The van der Waals surface area contributed by atoms with Crippen molar-refractivity contribution in [2.24, 2.45) is 5.92 Å². The number of esters is 1. The van der Waals surface area contributed by atoms with Crippen LogP contribution in [0.15, 0.2) is 53.7 Å². The minimum absolute atomic E-state index is 0.00172. The van der Waals surface area contributed by atoms with E-state index >= 15 is 0 Å². The molecule has 1 atom stereocenters. The van der Waals surface area contributed by atoms with Crippen molar-refractivity contribution in [1.29, 1.82) is 0 Å². The van der Waals surface area contributed by atoms with Gasteiger partial charge in [-0.05, 0) is 30.5 Å². The van der Waals surface area contributed by atoms with Gasteiger partial charge in [0.1, 0.15) is 11.6 Å². The summed E-state index contributed by atoms with van der Waals surface area (Å²) in [6, 6.07) is 7.64. The first-order valence-electron chi connectivity index (χ1n) is 10.7. The summed E-state index contributed by atoms with van der Waals surface area (Å²) >= 11 is 0. The van der Waals surface area contributed by atoms with Crippen molar-refractivity contribution in [3.63, 3.8) is 0 Å². The third-order valence-corrected chi connectivity index (χ3v) is 5.58. The van der Waals surface area contributed by atoms with Gasteiger partial charge in [-0.1, -0.05) is 38.1 Å². The third-order valence-electron chi connectivity index (χ3n) is 5.58. The number of carbonyl (C=O) groups is 2. The van der Waals surface area contributed by atoms with Gasteiger partial charge in [0.25, 0.3) is 0 Å². The minimum atomic E-state index is -4.70. The van der Waals surface area contributed by atoms with Crippen LogP contribution < -0.4 is 0 Å². The molecule has 182 valence electrons. The molecule has 0 spiro atoms. The number of benzene rings is 2. The molecule has 1 amide bonds. The third kappa shape index (κ3) is 5.46. The second-order valence-electron chi connectivity index (χ2n) is 8.55. The number of ether oxygens (including phenoxy) is 1. The van der Waals surface area contributed by atoms with Crippen LogP contribution in [0.2, 0.25) is 0 Å². The van der Waals surface area contributed by atoms with E-state index in [1.807, 2.05) is 0 Å². The molecule has 2 aromatic carbocycles. The number of alkyl halides is 3. The topological polar surface area (TPSA) is 46.6 Å². The largest absolute Gasteiger partial charge is 0.462 e. The normalized spacial score (nSPS) is 16.9. The van der Waals surface area contributed by atoms with Crippen molar-refractivity contribution >= 4 is 11.9 Å². The fourth-order valence-corrected chi connectivity index (χ4v) is 3.93. The van der Waals surface area contributed by atoms with Crippen LogP contribution in [0.4, 0.5) is 22.0 Å². The van der Waals surface area contributed by atoms with E-state index in [2.05, 4.69) is 0 Å². The average molecular weight is 481 g/mol. The van der Waals surface area contributed by atoms with E-state index in [1.165, 1.54) is 31.2 Å². The SMILES string of the molecule is CC1=C(C(=O)OCC(C)C)[C@H](c2ccccc2C(F)(F)F)CC(=O)N1Cc1ccc(F)cc1F. The lowest BCUT2D eigenvalue weighted by molar-refractivity contribution is -0.143. The molecule has 0 bridgehead atoms. The molecule has 0 saturated carbocycles. The number of halogens is 5. The van der Waals surface area contributed by atoms with Crippen LogP contribution in [-0.4, -0.2) is 23.4 Å². The lowest BCUT2D eigenvalue weighted by Gasteiger charge is -2.35. The number of allylic oxidation sites excluding steroid dienone is 1. The Morgan fingerprint density at radius 2 is 1.82 bits per heavy atom. The van der Waals surface area contributed by atoms with Crippen LogP contribution in [0, 0.1) is 17.6 Å². The lowest BCUT2D eigenvalue weighted by atomic mass is 9.81. The molecule has 1 aliphatic heterocycles. The molecule has 0 fully saturated rings. The Morgan fingerprint density at radius 1 is 1.15 bits per heavy atom. The highest BCUT2D eigenvalue weighted by molar-refractivity contribution is 5.96. The highest BCUT2D eigenvalue weighted by Gasteiger charge is 2.42. The summed E-state index contributed by atoms with van der Waals surface area (Å²) < 4.78 is 74.0. The maximum Gasteiger partial charge on any atom is 0.416 e. The van der Waals surface area contributed by atoms with Crippen molar-refractivity contribution in [2.45, 2.75) is 45.8 Å². The minimum Gasteiger partial charge on any atom is -0.462 e. The molecule has 0 radical (unpaired) electrons. The Morgan fingerprint density at radius 3 is 2.44 bits per heavy atom. The van der Waals surface area contributed by atoms with Crippen LogP contribution >= 0.6 is 0 Å². The molecule has 0 aromatic heterocycles. The van der Waals surface area contributed by atoms with Crippen LogP contribution in [0.3, 0.4) is 0 Å². The van der Waals surface area contributed by atoms with E-state index in [-0.39, 0.29) is 41.5 Å². The number of nitrogens with zero attached hydrogens (tertiary/aromatic N) is 1. The predicted octanol–water partition coefficient (Wildman–Crippen LogP) is 5.97. The maximum absolute atomic E-state index is 14.2. The highest BCUT2D eigenvalue weighted by atomic mass is 19.4. The molecule has 4 nitrogen and oxygen atoms in total. The number of hydrogen-bond acceptors (Lipinski definition) is 3. The standard InChI is InChI=1S/C25H24F5NO3/c1-14(2)13-34-24(33)23-15(3)31(12-16-8-9-17(26)10-21(16)27)22(32)11-19(23)18-6-4-5-7-20(18)25(28,29)30/h4-10,14,19H,11-13H2,1-3H3/t19-/m0/s1. The van der Waals surface area contributed by atoms with E-state index in [0.717, 1.165) is 17.0 Å². The second kappa shape index (κ2) is 9.95. The van der Waals surface area contributed by atoms with Gasteiger partial charge < -0.3 is 9.64 Å². The monoisotopic (exact) mass is 481 g/mol. The smallest absolute Gasteiger partial charge is 0.416 e. The zero-order chi connectivity index (χ0) is 25.2. The van der Waals surface area contributed by atoms with Crippen molar-refractivity contribution < 1.29 is 36.3 Å². The summed E-state index contributed by atoms with van der Waals surface area (Å²) in [6.45, 7) is 4.74. The van der Waals surface area contributed by atoms with E-state index in [1.54, 1.807) is 13.8 Å². The number of amides is 1. The Kier molecular flexibility index (Phi) is 7.43. The van der Waals surface area contributed by atoms with E-state index in [4.69, 9.17) is 4.74 Å². The Balaban J connectivity index is 2.11. The summed E-state index contributed by atoms with van der Waals surface area (Å²) in [7, 11) is 0. The summed E-state index contributed by atoms with van der Waals surface area (Å²) in [4.78, 5) is 27.2. The zero-order valence-electron chi connectivity index (χ0n) is 18.9. The summed E-state index contributed by atoms with van der Waals surface area (Å²) in [5.41, 5.74) is -1.20. The predicted molar refractivity (Wildman–Crippen MR) is 114 cm³/mol. The van der Waals surface area contributed by atoms with Gasteiger partial charge in [-0.25, -0.2) is 13.6 Å². The van der Waals surface area contributed by atoms with Crippen molar-refractivity contribution in [2.75, 3.05) is 6.61 Å². The van der Waals surface area contributed by atoms with Gasteiger partial charge in [0.2, 0.25) is 5.91 Å². The van der Waals surface area contributed by atoms with E-state index < -0.39 is 47.6 Å². The van der Waals surface area contributed by atoms with Gasteiger partial charge in [0.05, 0.1) is 24.3 Å². The number of carbonyl (C=O) groups excluding carboxylic acids is 2. The fourth-order valence-electron chi connectivity index (χ4n) is 3.93. The van der Waals surface area contributed by atoms with Gasteiger partial charge in [-0.2, -0.15) is 13.2 Å². The van der Waals surface area contributed by atoms with Crippen LogP contribution in [0.25, 0.3) is 0 Å². The molecule has 3 rings (SSSR count). The van der Waals surface area contributed by atoms with E-state index in [9.17, 15) is 31.5 Å². The first-order valence-corrected chi connectivity index (χ1v) is 10.7. The molecule has 2 aromatic rings. The molecule has 0 saturated heterocycles. The Labute approximate surface area is 194 Å². The zero-order valence-corrected chi connectivity index (χ0v) is 18.9. The molecule has 0 aliphatic carbocycles. The molecule has 9 heteroatoms. The lowest BCUT2D eigenvalue weighted by Crippen LogP contribution is -2.38. The van der Waals surface area contributed by atoms with Crippen LogP contribution in [0.1, 0.15) is 49.8 Å². The first kappa shape index (κ1) is 25.4. The van der Waals surface area contributed by atoms with Gasteiger partial charge in [0.15, 0.2) is 0 Å². The van der Waals surface area contributed by atoms with Crippen LogP contribution in [-0.2, 0) is 27.0 Å². The van der Waals surface area contributed by atoms with Crippen molar-refractivity contribution in [3.05, 3.63) is 82.1 Å². The molecular formula is C25H24F5NO3. The van der Waals surface area contributed by atoms with E-state index in [0.29, 0.717) is 6.07 Å². The molecule has 1 aliphatic rings.